The van der Waals surface area contributed by atoms with Crippen LogP contribution in [0, 0.1) is 13.8 Å². The van der Waals surface area contributed by atoms with Gasteiger partial charge in [-0.3, -0.25) is 14.4 Å². The fraction of sp³-hybridized carbons (Fsp3) is 0.364. The average Bonchev–Trinajstić information content (AvgIpc) is 3.03. The van der Waals surface area contributed by atoms with E-state index in [1.165, 1.54) is 11.3 Å². The highest BCUT2D eigenvalue weighted by atomic mass is 35.5. The second-order valence-corrected chi connectivity index (χ2v) is 8.44. The smallest absolute Gasteiger partial charge is 0.341 e. The first kappa shape index (κ1) is 25.4. The van der Waals surface area contributed by atoms with Gasteiger partial charge in [-0.1, -0.05) is 11.6 Å². The van der Waals surface area contributed by atoms with Crippen LogP contribution >= 0.6 is 22.9 Å². The summed E-state index contributed by atoms with van der Waals surface area (Å²) in [5, 5.41) is 6.20. The van der Waals surface area contributed by atoms with E-state index in [0.717, 1.165) is 10.4 Å². The minimum absolute atomic E-state index is 0.0411. The van der Waals surface area contributed by atoms with Gasteiger partial charge < -0.3 is 20.1 Å². The Hall–Kier alpha value is -2.91. The van der Waals surface area contributed by atoms with Crippen LogP contribution in [0.2, 0.25) is 5.02 Å². The number of hydrogen-bond acceptors (Lipinski definition) is 7. The van der Waals surface area contributed by atoms with E-state index in [4.69, 9.17) is 21.1 Å². The summed E-state index contributed by atoms with van der Waals surface area (Å²) in [5.74, 6) is -1.90. The molecule has 0 aliphatic heterocycles. The number of nitrogens with one attached hydrogen (secondary N) is 2. The van der Waals surface area contributed by atoms with Crippen molar-refractivity contribution in [3.8, 4) is 0 Å². The Labute approximate surface area is 195 Å². The molecule has 1 aromatic carbocycles. The van der Waals surface area contributed by atoms with E-state index in [-0.39, 0.29) is 25.5 Å². The maximum absolute atomic E-state index is 12.2. The number of thiophene rings is 1. The van der Waals surface area contributed by atoms with Crippen LogP contribution in [0.3, 0.4) is 0 Å². The monoisotopic (exact) mass is 480 g/mol. The zero-order valence-corrected chi connectivity index (χ0v) is 19.7. The molecule has 2 amide bonds. The normalized spacial score (nSPS) is 10.4. The number of hydrogen-bond donors (Lipinski definition) is 2. The topological polar surface area (TPSA) is 111 Å². The van der Waals surface area contributed by atoms with E-state index in [9.17, 15) is 19.2 Å². The Morgan fingerprint density at radius 1 is 1.06 bits per heavy atom. The summed E-state index contributed by atoms with van der Waals surface area (Å²) in [6.45, 7) is 5.34. The molecule has 2 rings (SSSR count). The predicted octanol–water partition coefficient (Wildman–Crippen LogP) is 3.89. The number of aryl methyl sites for hydroxylation is 1. The van der Waals surface area contributed by atoms with Crippen molar-refractivity contribution < 1.29 is 28.7 Å². The Bertz CT molecular complexity index is 987. The molecule has 0 spiro atoms. The van der Waals surface area contributed by atoms with Gasteiger partial charge in [0, 0.05) is 28.4 Å². The molecule has 0 saturated carbocycles. The van der Waals surface area contributed by atoms with E-state index in [1.807, 2.05) is 6.92 Å². The Morgan fingerprint density at radius 2 is 1.75 bits per heavy atom. The van der Waals surface area contributed by atoms with Gasteiger partial charge in [-0.2, -0.15) is 0 Å². The first-order valence-corrected chi connectivity index (χ1v) is 11.2. The van der Waals surface area contributed by atoms with E-state index in [1.54, 1.807) is 38.1 Å². The molecule has 2 N–H and O–H groups in total. The molecule has 0 aliphatic rings. The molecular weight excluding hydrogens is 456 g/mol. The van der Waals surface area contributed by atoms with Crippen LogP contribution in [-0.2, 0) is 19.1 Å². The number of halogens is 1. The van der Waals surface area contributed by atoms with Crippen molar-refractivity contribution in [2.75, 3.05) is 25.1 Å². The van der Waals surface area contributed by atoms with E-state index >= 15 is 0 Å². The lowest BCUT2D eigenvalue weighted by Gasteiger charge is -2.08. The molecule has 1 aromatic heterocycles. The number of carbonyl (C=O) groups is 4. The summed E-state index contributed by atoms with van der Waals surface area (Å²) < 4.78 is 10.0. The second-order valence-electron chi connectivity index (χ2n) is 6.78. The van der Waals surface area contributed by atoms with Gasteiger partial charge in [-0.15, -0.1) is 11.3 Å². The third-order valence-electron chi connectivity index (χ3n) is 4.43. The van der Waals surface area contributed by atoms with Crippen molar-refractivity contribution in [2.24, 2.45) is 0 Å². The largest absolute Gasteiger partial charge is 0.462 e. The number of esters is 2. The van der Waals surface area contributed by atoms with Crippen LogP contribution < -0.4 is 10.6 Å². The first-order valence-electron chi connectivity index (χ1n) is 9.99. The molecule has 0 fully saturated rings. The summed E-state index contributed by atoms with van der Waals surface area (Å²) in [5.41, 5.74) is 1.52. The SMILES string of the molecule is CCOC(=O)c1c(NC(=O)COC(=O)CCCNC(=O)c2ccc(Cl)cc2)sc(C)c1C. The molecule has 8 nitrogen and oxygen atoms in total. The fourth-order valence-corrected chi connectivity index (χ4v) is 3.87. The van der Waals surface area contributed by atoms with Crippen LogP contribution in [-0.4, -0.2) is 43.5 Å². The van der Waals surface area contributed by atoms with Gasteiger partial charge in [-0.25, -0.2) is 4.79 Å². The fourth-order valence-electron chi connectivity index (χ4n) is 2.68. The van der Waals surface area contributed by atoms with Crippen LogP contribution in [0.1, 0.15) is 50.9 Å². The van der Waals surface area contributed by atoms with Gasteiger partial charge in [-0.05, 0) is 57.0 Å². The summed E-state index contributed by atoms with van der Waals surface area (Å²) >= 11 is 7.04. The number of rotatable bonds is 10. The van der Waals surface area contributed by atoms with Crippen LogP contribution in [0.15, 0.2) is 24.3 Å². The van der Waals surface area contributed by atoms with Gasteiger partial charge in [0.2, 0.25) is 0 Å². The molecule has 0 unspecified atom stereocenters. The lowest BCUT2D eigenvalue weighted by atomic mass is 10.1. The van der Waals surface area contributed by atoms with Gasteiger partial charge in [0.15, 0.2) is 6.61 Å². The summed E-state index contributed by atoms with van der Waals surface area (Å²) in [4.78, 5) is 49.1. The predicted molar refractivity (Wildman–Crippen MR) is 122 cm³/mol. The maximum Gasteiger partial charge on any atom is 0.341 e. The van der Waals surface area contributed by atoms with Gasteiger partial charge in [0.05, 0.1) is 12.2 Å². The van der Waals surface area contributed by atoms with Crippen LogP contribution in [0.25, 0.3) is 0 Å². The Balaban J connectivity index is 1.74. The number of ether oxygens (including phenoxy) is 2. The molecule has 0 radical (unpaired) electrons. The molecule has 2 aromatic rings. The molecule has 0 bridgehead atoms. The maximum atomic E-state index is 12.2. The van der Waals surface area contributed by atoms with Crippen molar-refractivity contribution in [1.82, 2.24) is 5.32 Å². The number of benzene rings is 1. The third kappa shape index (κ3) is 7.35. The van der Waals surface area contributed by atoms with E-state index < -0.39 is 24.5 Å². The summed E-state index contributed by atoms with van der Waals surface area (Å²) in [6, 6.07) is 6.45. The highest BCUT2D eigenvalue weighted by Gasteiger charge is 2.22. The molecule has 0 atom stereocenters. The zero-order chi connectivity index (χ0) is 23.7. The number of amides is 2. The number of anilines is 1. The lowest BCUT2D eigenvalue weighted by Crippen LogP contribution is -2.25. The van der Waals surface area contributed by atoms with E-state index in [0.29, 0.717) is 27.6 Å². The van der Waals surface area contributed by atoms with Crippen molar-refractivity contribution in [3.63, 3.8) is 0 Å². The molecule has 0 saturated heterocycles. The molecule has 10 heteroatoms. The summed E-state index contributed by atoms with van der Waals surface area (Å²) in [6.07, 6.45) is 0.398. The van der Waals surface area contributed by atoms with Crippen molar-refractivity contribution in [2.45, 2.75) is 33.6 Å². The van der Waals surface area contributed by atoms with E-state index in [2.05, 4.69) is 10.6 Å². The average molecular weight is 481 g/mol. The van der Waals surface area contributed by atoms with Crippen LogP contribution in [0.5, 0.6) is 0 Å². The Morgan fingerprint density at radius 3 is 2.41 bits per heavy atom. The standard InChI is InChI=1S/C22H25ClN2O6S/c1-4-30-22(29)19-13(2)14(3)32-21(19)25-17(26)12-31-18(27)6-5-11-24-20(28)15-7-9-16(23)10-8-15/h7-10H,4-6,11-12H2,1-3H3,(H,24,28)(H,25,26). The minimum Gasteiger partial charge on any atom is -0.462 e. The summed E-state index contributed by atoms with van der Waals surface area (Å²) in [7, 11) is 0. The molecule has 0 aliphatic carbocycles. The highest BCUT2D eigenvalue weighted by molar-refractivity contribution is 7.16. The molecule has 1 heterocycles. The van der Waals surface area contributed by atoms with Gasteiger partial charge >= 0.3 is 11.9 Å². The van der Waals surface area contributed by atoms with Crippen molar-refractivity contribution in [1.29, 1.82) is 0 Å². The third-order valence-corrected chi connectivity index (χ3v) is 5.81. The lowest BCUT2D eigenvalue weighted by molar-refractivity contribution is -0.147. The van der Waals surface area contributed by atoms with Gasteiger partial charge in [0.1, 0.15) is 5.00 Å². The van der Waals surface area contributed by atoms with Gasteiger partial charge in [0.25, 0.3) is 11.8 Å². The molecule has 172 valence electrons. The zero-order valence-electron chi connectivity index (χ0n) is 18.1. The first-order chi connectivity index (χ1) is 15.2. The number of carbonyl (C=O) groups excluding carboxylic acids is 4. The van der Waals surface area contributed by atoms with Crippen molar-refractivity contribution in [3.05, 3.63) is 50.9 Å². The molecular formula is C22H25ClN2O6S. The highest BCUT2D eigenvalue weighted by Crippen LogP contribution is 2.33. The minimum atomic E-state index is -0.565. The molecule has 32 heavy (non-hydrogen) atoms. The van der Waals surface area contributed by atoms with Crippen LogP contribution in [0.4, 0.5) is 5.00 Å². The van der Waals surface area contributed by atoms with Crippen molar-refractivity contribution >= 4 is 51.7 Å². The second kappa shape index (κ2) is 12.2. The quantitative estimate of drug-likeness (QED) is 0.394. The Kier molecular flexibility index (Phi) is 9.67.